The van der Waals surface area contributed by atoms with Gasteiger partial charge in [-0.25, -0.2) is 8.78 Å². The molecular formula is C17H12F2N2O3S. The van der Waals surface area contributed by atoms with Gasteiger partial charge >= 0.3 is 0 Å². The van der Waals surface area contributed by atoms with Crippen molar-refractivity contribution in [1.29, 1.82) is 0 Å². The Bertz CT molecular complexity index is 914. The molecule has 0 radical (unpaired) electrons. The van der Waals surface area contributed by atoms with Crippen molar-refractivity contribution in [2.45, 2.75) is 5.22 Å². The third-order valence-electron chi connectivity index (χ3n) is 3.30. The van der Waals surface area contributed by atoms with Crippen molar-refractivity contribution in [2.75, 3.05) is 12.9 Å². The fourth-order valence-electron chi connectivity index (χ4n) is 2.11. The highest BCUT2D eigenvalue weighted by atomic mass is 32.2. The first-order valence-corrected chi connectivity index (χ1v) is 8.15. The third kappa shape index (κ3) is 3.85. The number of rotatable bonds is 6. The van der Waals surface area contributed by atoms with Crippen molar-refractivity contribution in [3.05, 3.63) is 59.7 Å². The van der Waals surface area contributed by atoms with Crippen LogP contribution in [-0.4, -0.2) is 28.8 Å². The molecule has 0 saturated carbocycles. The van der Waals surface area contributed by atoms with Crippen LogP contribution in [-0.2, 0) is 0 Å². The van der Waals surface area contributed by atoms with E-state index in [-0.39, 0.29) is 39.5 Å². The first-order valence-electron chi connectivity index (χ1n) is 7.16. The predicted molar refractivity (Wildman–Crippen MR) is 87.7 cm³/mol. The molecular weight excluding hydrogens is 350 g/mol. The van der Waals surface area contributed by atoms with Gasteiger partial charge in [0, 0.05) is 0 Å². The number of methoxy groups -OCH3 is 1. The van der Waals surface area contributed by atoms with Crippen molar-refractivity contribution >= 4 is 17.5 Å². The molecule has 3 aromatic rings. The maximum atomic E-state index is 13.7. The van der Waals surface area contributed by atoms with Crippen molar-refractivity contribution in [3.8, 4) is 17.2 Å². The average molecular weight is 362 g/mol. The van der Waals surface area contributed by atoms with Crippen molar-refractivity contribution < 1.29 is 22.7 Å². The summed E-state index contributed by atoms with van der Waals surface area (Å²) in [4.78, 5) is 12.3. The average Bonchev–Trinajstić information content (AvgIpc) is 3.08. The number of benzene rings is 2. The van der Waals surface area contributed by atoms with E-state index in [2.05, 4.69) is 10.2 Å². The summed E-state index contributed by atoms with van der Waals surface area (Å²) in [5, 5.41) is 7.67. The predicted octanol–water partition coefficient (Wildman–Crippen LogP) is 4.00. The molecule has 0 aliphatic rings. The minimum absolute atomic E-state index is 0.0244. The van der Waals surface area contributed by atoms with Gasteiger partial charge in [-0.1, -0.05) is 23.9 Å². The molecule has 0 aliphatic heterocycles. The van der Waals surface area contributed by atoms with Gasteiger partial charge in [0.05, 0.1) is 24.0 Å². The molecule has 0 saturated heterocycles. The maximum Gasteiger partial charge on any atom is 0.277 e. The Morgan fingerprint density at radius 2 is 2.00 bits per heavy atom. The van der Waals surface area contributed by atoms with Crippen LogP contribution in [0.15, 0.2) is 52.1 Å². The molecule has 8 heteroatoms. The van der Waals surface area contributed by atoms with Gasteiger partial charge < -0.3 is 9.15 Å². The minimum atomic E-state index is -0.534. The summed E-state index contributed by atoms with van der Waals surface area (Å²) in [6.45, 7) is 0. The molecule has 0 aliphatic carbocycles. The summed E-state index contributed by atoms with van der Waals surface area (Å²) in [6, 6.07) is 9.70. The number of ketones is 1. The van der Waals surface area contributed by atoms with Gasteiger partial charge in [0.1, 0.15) is 17.4 Å². The smallest absolute Gasteiger partial charge is 0.277 e. The summed E-state index contributed by atoms with van der Waals surface area (Å²) >= 11 is 0.979. The topological polar surface area (TPSA) is 65.2 Å². The second-order valence-corrected chi connectivity index (χ2v) is 5.84. The SMILES string of the molecule is COc1ccc(F)cc1C(=O)CSc1nnc(-c2ccccc2F)o1. The Morgan fingerprint density at radius 3 is 2.76 bits per heavy atom. The number of nitrogens with zero attached hydrogens (tertiary/aromatic N) is 2. The van der Waals surface area contributed by atoms with Crippen LogP contribution >= 0.6 is 11.8 Å². The number of hydrogen-bond acceptors (Lipinski definition) is 6. The lowest BCUT2D eigenvalue weighted by Gasteiger charge is -2.06. The van der Waals surface area contributed by atoms with Crippen LogP contribution in [0.25, 0.3) is 11.5 Å². The first-order chi connectivity index (χ1) is 12.1. The monoisotopic (exact) mass is 362 g/mol. The molecule has 0 spiro atoms. The molecule has 1 heterocycles. The fourth-order valence-corrected chi connectivity index (χ4v) is 2.76. The molecule has 1 aromatic heterocycles. The van der Waals surface area contributed by atoms with Crippen LogP contribution < -0.4 is 4.74 Å². The highest BCUT2D eigenvalue weighted by Crippen LogP contribution is 2.27. The zero-order valence-corrected chi connectivity index (χ0v) is 13.8. The normalized spacial score (nSPS) is 10.7. The lowest BCUT2D eigenvalue weighted by molar-refractivity contribution is 0.101. The molecule has 3 rings (SSSR count). The van der Waals surface area contributed by atoms with Crippen LogP contribution in [0.2, 0.25) is 0 Å². The van der Waals surface area contributed by atoms with E-state index in [1.165, 1.54) is 31.4 Å². The second kappa shape index (κ2) is 7.43. The summed E-state index contributed by atoms with van der Waals surface area (Å²) in [6.07, 6.45) is 0. The van der Waals surface area contributed by atoms with E-state index in [4.69, 9.17) is 9.15 Å². The number of thioether (sulfide) groups is 1. The summed E-state index contributed by atoms with van der Waals surface area (Å²) in [5.74, 6) is -1.12. The molecule has 0 bridgehead atoms. The molecule has 0 amide bonds. The molecule has 5 nitrogen and oxygen atoms in total. The number of carbonyl (C=O) groups is 1. The number of aromatic nitrogens is 2. The van der Waals surface area contributed by atoms with E-state index in [0.717, 1.165) is 17.8 Å². The lowest BCUT2D eigenvalue weighted by atomic mass is 10.1. The summed E-state index contributed by atoms with van der Waals surface area (Å²) < 4.78 is 37.5. The van der Waals surface area contributed by atoms with E-state index in [0.29, 0.717) is 0 Å². The van der Waals surface area contributed by atoms with Crippen LogP contribution in [0.4, 0.5) is 8.78 Å². The zero-order valence-electron chi connectivity index (χ0n) is 13.0. The summed E-state index contributed by atoms with van der Waals surface area (Å²) in [7, 11) is 1.40. The van der Waals surface area contributed by atoms with Crippen LogP contribution in [0, 0.1) is 11.6 Å². The maximum absolute atomic E-state index is 13.7. The molecule has 0 N–H and O–H groups in total. The number of hydrogen-bond donors (Lipinski definition) is 0. The largest absolute Gasteiger partial charge is 0.496 e. The number of Topliss-reactive ketones (excluding diaryl/α,β-unsaturated/α-hetero) is 1. The van der Waals surface area contributed by atoms with Gasteiger partial charge in [-0.3, -0.25) is 4.79 Å². The Kier molecular flexibility index (Phi) is 5.08. The van der Waals surface area contributed by atoms with Gasteiger partial charge in [-0.05, 0) is 30.3 Å². The molecule has 0 fully saturated rings. The minimum Gasteiger partial charge on any atom is -0.496 e. The van der Waals surface area contributed by atoms with Gasteiger partial charge in [0.25, 0.3) is 11.1 Å². The lowest BCUT2D eigenvalue weighted by Crippen LogP contribution is -2.05. The second-order valence-electron chi connectivity index (χ2n) is 4.91. The van der Waals surface area contributed by atoms with Crippen molar-refractivity contribution in [1.82, 2.24) is 10.2 Å². The number of carbonyl (C=O) groups excluding carboxylic acids is 1. The van der Waals surface area contributed by atoms with E-state index in [1.54, 1.807) is 12.1 Å². The highest BCUT2D eigenvalue weighted by molar-refractivity contribution is 7.99. The Morgan fingerprint density at radius 1 is 1.20 bits per heavy atom. The number of ether oxygens (including phenoxy) is 1. The third-order valence-corrected chi connectivity index (χ3v) is 4.12. The first kappa shape index (κ1) is 17.1. The van der Waals surface area contributed by atoms with Gasteiger partial charge in [-0.15, -0.1) is 10.2 Å². The van der Waals surface area contributed by atoms with Gasteiger partial charge in [-0.2, -0.15) is 0 Å². The van der Waals surface area contributed by atoms with E-state index < -0.39 is 11.6 Å². The standard InChI is InChI=1S/C17H12F2N2O3S/c1-23-15-7-6-10(18)8-12(15)14(22)9-25-17-21-20-16(24-17)11-4-2-3-5-13(11)19/h2-8H,9H2,1H3. The Balaban J connectivity index is 1.72. The van der Waals surface area contributed by atoms with Crippen molar-refractivity contribution in [2.24, 2.45) is 0 Å². The quantitative estimate of drug-likeness (QED) is 0.488. The van der Waals surface area contributed by atoms with Crippen LogP contribution in [0.1, 0.15) is 10.4 Å². The Labute approximate surface area is 146 Å². The van der Waals surface area contributed by atoms with Gasteiger partial charge in [0.2, 0.25) is 0 Å². The Hall–Kier alpha value is -2.74. The molecule has 0 atom stereocenters. The molecule has 128 valence electrons. The van der Waals surface area contributed by atoms with E-state index >= 15 is 0 Å². The van der Waals surface area contributed by atoms with Crippen LogP contribution in [0.5, 0.6) is 5.75 Å². The number of halogens is 2. The van der Waals surface area contributed by atoms with Crippen molar-refractivity contribution in [3.63, 3.8) is 0 Å². The zero-order chi connectivity index (χ0) is 17.8. The molecule has 0 unspecified atom stereocenters. The van der Waals surface area contributed by atoms with Crippen LogP contribution in [0.3, 0.4) is 0 Å². The summed E-state index contributed by atoms with van der Waals surface area (Å²) in [5.41, 5.74) is 0.309. The highest BCUT2D eigenvalue weighted by Gasteiger charge is 2.17. The molecule has 25 heavy (non-hydrogen) atoms. The van der Waals surface area contributed by atoms with E-state index in [9.17, 15) is 13.6 Å². The molecule has 2 aromatic carbocycles. The van der Waals surface area contributed by atoms with E-state index in [1.807, 2.05) is 0 Å². The van der Waals surface area contributed by atoms with Gasteiger partial charge in [0.15, 0.2) is 5.78 Å². The fraction of sp³-hybridized carbons (Fsp3) is 0.118.